The Morgan fingerprint density at radius 2 is 2.00 bits per heavy atom. The van der Waals surface area contributed by atoms with Crippen molar-refractivity contribution < 1.29 is 9.84 Å². The standard InChI is InChI=1S/C17H26O2/c1-3-14-7-9-15(10-8-14)17(18)12-19-16-6-4-5-13(2)11-16/h7-10,13,16-18H,3-6,11-12H2,1-2H3. The van der Waals surface area contributed by atoms with Crippen LogP contribution in [0.5, 0.6) is 0 Å². The van der Waals surface area contributed by atoms with Gasteiger partial charge < -0.3 is 9.84 Å². The van der Waals surface area contributed by atoms with Gasteiger partial charge in [-0.05, 0) is 36.3 Å². The summed E-state index contributed by atoms with van der Waals surface area (Å²) in [5.74, 6) is 0.764. The van der Waals surface area contributed by atoms with Crippen molar-refractivity contribution in [2.45, 2.75) is 58.2 Å². The number of benzene rings is 1. The molecule has 0 heterocycles. The van der Waals surface area contributed by atoms with Gasteiger partial charge in [-0.2, -0.15) is 0 Å². The lowest BCUT2D eigenvalue weighted by Crippen LogP contribution is -2.23. The Morgan fingerprint density at radius 1 is 1.26 bits per heavy atom. The maximum absolute atomic E-state index is 10.2. The third kappa shape index (κ3) is 4.32. The number of aliphatic hydroxyl groups is 1. The Kier molecular flexibility index (Phi) is 5.41. The van der Waals surface area contributed by atoms with Crippen LogP contribution >= 0.6 is 0 Å². The molecule has 0 bridgehead atoms. The molecule has 1 aromatic carbocycles. The fourth-order valence-corrected chi connectivity index (χ4v) is 2.83. The van der Waals surface area contributed by atoms with Gasteiger partial charge in [-0.25, -0.2) is 0 Å². The first-order valence-electron chi connectivity index (χ1n) is 7.57. The van der Waals surface area contributed by atoms with Crippen LogP contribution in [0.15, 0.2) is 24.3 Å². The molecule has 0 aromatic heterocycles. The van der Waals surface area contributed by atoms with Crippen molar-refractivity contribution in [3.8, 4) is 0 Å². The number of aliphatic hydroxyl groups excluding tert-OH is 1. The van der Waals surface area contributed by atoms with Crippen molar-refractivity contribution in [3.63, 3.8) is 0 Å². The monoisotopic (exact) mass is 262 g/mol. The molecule has 1 aliphatic carbocycles. The summed E-state index contributed by atoms with van der Waals surface area (Å²) in [6.07, 6.45) is 5.74. The van der Waals surface area contributed by atoms with Crippen LogP contribution in [0.4, 0.5) is 0 Å². The topological polar surface area (TPSA) is 29.5 Å². The van der Waals surface area contributed by atoms with Crippen LogP contribution in [0.2, 0.25) is 0 Å². The molecule has 2 rings (SSSR count). The highest BCUT2D eigenvalue weighted by Crippen LogP contribution is 2.26. The summed E-state index contributed by atoms with van der Waals surface area (Å²) >= 11 is 0. The van der Waals surface area contributed by atoms with Crippen LogP contribution in [0, 0.1) is 5.92 Å². The summed E-state index contributed by atoms with van der Waals surface area (Å²) in [6.45, 7) is 4.84. The van der Waals surface area contributed by atoms with E-state index < -0.39 is 6.10 Å². The molecule has 106 valence electrons. The fraction of sp³-hybridized carbons (Fsp3) is 0.647. The van der Waals surface area contributed by atoms with E-state index in [1.807, 2.05) is 12.1 Å². The Hall–Kier alpha value is -0.860. The quantitative estimate of drug-likeness (QED) is 0.872. The van der Waals surface area contributed by atoms with E-state index in [2.05, 4.69) is 26.0 Å². The Labute approximate surface area is 116 Å². The Balaban J connectivity index is 1.81. The molecule has 3 atom stereocenters. The van der Waals surface area contributed by atoms with E-state index in [0.717, 1.165) is 30.7 Å². The van der Waals surface area contributed by atoms with E-state index in [-0.39, 0.29) is 0 Å². The normalized spacial score (nSPS) is 25.2. The van der Waals surface area contributed by atoms with Crippen LogP contribution in [-0.2, 0) is 11.2 Å². The molecule has 2 nitrogen and oxygen atoms in total. The maximum Gasteiger partial charge on any atom is 0.102 e. The zero-order valence-electron chi connectivity index (χ0n) is 12.1. The Bertz CT molecular complexity index is 371. The second-order valence-corrected chi connectivity index (χ2v) is 5.84. The highest BCUT2D eigenvalue weighted by molar-refractivity contribution is 5.24. The lowest BCUT2D eigenvalue weighted by molar-refractivity contribution is -0.0322. The largest absolute Gasteiger partial charge is 0.386 e. The smallest absolute Gasteiger partial charge is 0.102 e. The van der Waals surface area contributed by atoms with Crippen molar-refractivity contribution in [2.75, 3.05) is 6.61 Å². The average molecular weight is 262 g/mol. The molecule has 0 amide bonds. The van der Waals surface area contributed by atoms with Gasteiger partial charge in [-0.15, -0.1) is 0 Å². The number of hydrogen-bond acceptors (Lipinski definition) is 2. The van der Waals surface area contributed by atoms with E-state index in [9.17, 15) is 5.11 Å². The van der Waals surface area contributed by atoms with E-state index in [0.29, 0.717) is 12.7 Å². The molecule has 1 aromatic rings. The SMILES string of the molecule is CCc1ccc(C(O)COC2CCCC(C)C2)cc1. The predicted molar refractivity (Wildman–Crippen MR) is 78.2 cm³/mol. The van der Waals surface area contributed by atoms with E-state index in [1.54, 1.807) is 0 Å². The molecule has 1 saturated carbocycles. The summed E-state index contributed by atoms with van der Waals surface area (Å²) in [5, 5.41) is 10.2. The third-order valence-corrected chi connectivity index (χ3v) is 4.15. The van der Waals surface area contributed by atoms with Gasteiger partial charge in [0.1, 0.15) is 6.10 Å². The first-order valence-corrected chi connectivity index (χ1v) is 7.57. The molecule has 0 radical (unpaired) electrons. The molecular formula is C17H26O2. The first-order chi connectivity index (χ1) is 9.19. The maximum atomic E-state index is 10.2. The number of aryl methyl sites for hydroxylation is 1. The second-order valence-electron chi connectivity index (χ2n) is 5.84. The lowest BCUT2D eigenvalue weighted by atomic mass is 9.89. The van der Waals surface area contributed by atoms with E-state index >= 15 is 0 Å². The molecule has 2 heteroatoms. The zero-order chi connectivity index (χ0) is 13.7. The highest BCUT2D eigenvalue weighted by Gasteiger charge is 2.20. The van der Waals surface area contributed by atoms with Crippen LogP contribution in [0.25, 0.3) is 0 Å². The van der Waals surface area contributed by atoms with Crippen LogP contribution in [0.3, 0.4) is 0 Å². The van der Waals surface area contributed by atoms with Gasteiger partial charge in [0.2, 0.25) is 0 Å². The summed E-state index contributed by atoms with van der Waals surface area (Å²) in [7, 11) is 0. The molecule has 1 N–H and O–H groups in total. The third-order valence-electron chi connectivity index (χ3n) is 4.15. The van der Waals surface area contributed by atoms with Crippen LogP contribution in [-0.4, -0.2) is 17.8 Å². The van der Waals surface area contributed by atoms with Crippen molar-refractivity contribution in [2.24, 2.45) is 5.92 Å². The van der Waals surface area contributed by atoms with Gasteiger partial charge in [-0.3, -0.25) is 0 Å². The molecule has 1 fully saturated rings. The van der Waals surface area contributed by atoms with Gasteiger partial charge in [0.05, 0.1) is 12.7 Å². The second kappa shape index (κ2) is 7.06. The van der Waals surface area contributed by atoms with Gasteiger partial charge in [0.15, 0.2) is 0 Å². The van der Waals surface area contributed by atoms with Crippen LogP contribution < -0.4 is 0 Å². The minimum Gasteiger partial charge on any atom is -0.386 e. The number of rotatable bonds is 5. The van der Waals surface area contributed by atoms with Crippen molar-refractivity contribution in [3.05, 3.63) is 35.4 Å². The number of ether oxygens (including phenoxy) is 1. The highest BCUT2D eigenvalue weighted by atomic mass is 16.5. The Morgan fingerprint density at radius 3 is 2.63 bits per heavy atom. The molecule has 19 heavy (non-hydrogen) atoms. The molecular weight excluding hydrogens is 236 g/mol. The number of hydrogen-bond donors (Lipinski definition) is 1. The molecule has 3 unspecified atom stereocenters. The van der Waals surface area contributed by atoms with Gasteiger partial charge in [0, 0.05) is 0 Å². The minimum atomic E-state index is -0.497. The van der Waals surface area contributed by atoms with Crippen molar-refractivity contribution in [1.82, 2.24) is 0 Å². The summed E-state index contributed by atoms with van der Waals surface area (Å²) in [5.41, 5.74) is 2.26. The zero-order valence-corrected chi connectivity index (χ0v) is 12.1. The minimum absolute atomic E-state index is 0.341. The fourth-order valence-electron chi connectivity index (χ4n) is 2.83. The van der Waals surface area contributed by atoms with E-state index in [4.69, 9.17) is 4.74 Å². The summed E-state index contributed by atoms with van der Waals surface area (Å²) in [6, 6.07) is 8.19. The summed E-state index contributed by atoms with van der Waals surface area (Å²) in [4.78, 5) is 0. The van der Waals surface area contributed by atoms with E-state index in [1.165, 1.54) is 18.4 Å². The van der Waals surface area contributed by atoms with Gasteiger partial charge >= 0.3 is 0 Å². The van der Waals surface area contributed by atoms with Crippen LogP contribution in [0.1, 0.15) is 56.8 Å². The van der Waals surface area contributed by atoms with Crippen molar-refractivity contribution >= 4 is 0 Å². The first kappa shape index (κ1) is 14.5. The average Bonchev–Trinajstić information content (AvgIpc) is 2.45. The van der Waals surface area contributed by atoms with Gasteiger partial charge in [-0.1, -0.05) is 51.0 Å². The molecule has 0 spiro atoms. The van der Waals surface area contributed by atoms with Crippen molar-refractivity contribution in [1.29, 1.82) is 0 Å². The molecule has 1 aliphatic rings. The van der Waals surface area contributed by atoms with Gasteiger partial charge in [0.25, 0.3) is 0 Å². The summed E-state index contributed by atoms with van der Waals surface area (Å²) < 4.78 is 5.88. The lowest BCUT2D eigenvalue weighted by Gasteiger charge is -2.27. The predicted octanol–water partition coefficient (Wildman–Crippen LogP) is 3.88. The molecule has 0 saturated heterocycles. The molecule has 0 aliphatic heterocycles.